The molecule has 1 aliphatic heterocycles. The maximum Gasteiger partial charge on any atom is 0.238 e. The van der Waals surface area contributed by atoms with E-state index in [4.69, 9.17) is 9.88 Å². The van der Waals surface area contributed by atoms with Crippen molar-refractivity contribution in [3.05, 3.63) is 53.7 Å². The summed E-state index contributed by atoms with van der Waals surface area (Å²) in [7, 11) is -2.64. The Morgan fingerprint density at radius 2 is 1.81 bits per heavy atom. The Morgan fingerprint density at radius 1 is 1.13 bits per heavy atom. The normalized spacial score (nSPS) is 14.1. The molecule has 0 bridgehead atoms. The van der Waals surface area contributed by atoms with E-state index in [9.17, 15) is 17.2 Å². The Labute approximate surface area is 179 Å². The van der Waals surface area contributed by atoms with Crippen LogP contribution in [0.4, 0.5) is 20.2 Å². The zero-order chi connectivity index (χ0) is 22.3. The molecule has 2 heterocycles. The molecule has 0 atom stereocenters. The zero-order valence-corrected chi connectivity index (χ0v) is 17.9. The fourth-order valence-corrected chi connectivity index (χ4v) is 4.42. The van der Waals surface area contributed by atoms with Crippen LogP contribution < -0.4 is 19.7 Å². The van der Waals surface area contributed by atoms with Crippen LogP contribution in [0.15, 0.2) is 41.4 Å². The van der Waals surface area contributed by atoms with Crippen molar-refractivity contribution < 1.29 is 21.9 Å². The van der Waals surface area contributed by atoms with Crippen molar-refractivity contribution in [1.29, 1.82) is 0 Å². The van der Waals surface area contributed by atoms with Gasteiger partial charge in [-0.2, -0.15) is 0 Å². The molecule has 0 saturated carbocycles. The molecule has 7 nitrogen and oxygen atoms in total. The van der Waals surface area contributed by atoms with Gasteiger partial charge in [-0.15, -0.1) is 0 Å². The van der Waals surface area contributed by atoms with Gasteiger partial charge in [0, 0.05) is 43.2 Å². The van der Waals surface area contributed by atoms with Gasteiger partial charge in [0.25, 0.3) is 0 Å². The summed E-state index contributed by atoms with van der Waals surface area (Å²) in [5.41, 5.74) is 2.16. The molecule has 0 saturated heterocycles. The van der Waals surface area contributed by atoms with E-state index in [1.807, 2.05) is 24.0 Å². The van der Waals surface area contributed by atoms with Gasteiger partial charge in [-0.05, 0) is 31.2 Å². The molecule has 1 aliphatic rings. The fourth-order valence-electron chi connectivity index (χ4n) is 3.89. The number of nitrogens with zero attached hydrogens (tertiary/aromatic N) is 3. The first-order chi connectivity index (χ1) is 14.7. The van der Waals surface area contributed by atoms with Crippen LogP contribution in [-0.2, 0) is 16.6 Å². The summed E-state index contributed by atoms with van der Waals surface area (Å²) in [6.07, 6.45) is 1.75. The third kappa shape index (κ3) is 3.88. The number of hydrogen-bond acceptors (Lipinski definition) is 6. The number of likely N-dealkylation sites (N-methyl/N-ethyl adjacent to an activating group) is 1. The molecule has 0 radical (unpaired) electrons. The molecular weight excluding hydrogens is 426 g/mol. The molecule has 0 unspecified atom stereocenters. The molecule has 10 heteroatoms. The number of ether oxygens (including phenoxy) is 1. The number of fused-ring (bicyclic) bond motifs is 3. The highest BCUT2D eigenvalue weighted by Crippen LogP contribution is 2.40. The number of nitrogens with two attached hydrogens (primary N) is 1. The van der Waals surface area contributed by atoms with Crippen LogP contribution in [-0.4, -0.2) is 40.1 Å². The number of anilines is 2. The molecule has 0 aliphatic carbocycles. The summed E-state index contributed by atoms with van der Waals surface area (Å²) < 4.78 is 57.6. The molecule has 3 aromatic rings. The van der Waals surface area contributed by atoms with E-state index in [-0.39, 0.29) is 12.1 Å². The van der Waals surface area contributed by atoms with E-state index in [0.717, 1.165) is 35.4 Å². The Balaban J connectivity index is 1.82. The van der Waals surface area contributed by atoms with Crippen molar-refractivity contribution in [1.82, 2.24) is 4.98 Å². The Kier molecular flexibility index (Phi) is 5.44. The molecule has 1 aromatic heterocycles. The van der Waals surface area contributed by atoms with E-state index in [2.05, 4.69) is 9.88 Å². The minimum absolute atomic E-state index is 0.0712. The van der Waals surface area contributed by atoms with Gasteiger partial charge in [0.1, 0.15) is 17.4 Å². The average Bonchev–Trinajstić information content (AvgIpc) is 2.74. The third-order valence-electron chi connectivity index (χ3n) is 5.50. The van der Waals surface area contributed by atoms with Gasteiger partial charge in [0.05, 0.1) is 35.1 Å². The van der Waals surface area contributed by atoms with Crippen molar-refractivity contribution in [3.63, 3.8) is 0 Å². The predicted octanol–water partition coefficient (Wildman–Crippen LogP) is 3.02. The lowest BCUT2D eigenvalue weighted by Gasteiger charge is -2.39. The van der Waals surface area contributed by atoms with E-state index < -0.39 is 26.6 Å². The molecule has 31 heavy (non-hydrogen) atoms. The first-order valence-corrected chi connectivity index (χ1v) is 11.2. The molecule has 164 valence electrons. The van der Waals surface area contributed by atoms with Crippen LogP contribution in [0, 0.1) is 11.6 Å². The summed E-state index contributed by atoms with van der Waals surface area (Å²) in [6, 6.07) is 7.01. The minimum atomic E-state index is -4.21. The second kappa shape index (κ2) is 7.93. The number of halogens is 2. The number of primary sulfonamides is 1. The number of aromatic nitrogens is 1. The van der Waals surface area contributed by atoms with Crippen LogP contribution in [0.25, 0.3) is 10.9 Å². The monoisotopic (exact) mass is 448 g/mol. The van der Waals surface area contributed by atoms with Crippen molar-refractivity contribution >= 4 is 32.3 Å². The van der Waals surface area contributed by atoms with E-state index in [1.54, 1.807) is 19.4 Å². The van der Waals surface area contributed by atoms with Crippen LogP contribution >= 0.6 is 0 Å². The van der Waals surface area contributed by atoms with Gasteiger partial charge in [0.2, 0.25) is 10.0 Å². The minimum Gasteiger partial charge on any atom is -0.497 e. The van der Waals surface area contributed by atoms with Crippen LogP contribution in [0.1, 0.15) is 12.5 Å². The summed E-state index contributed by atoms with van der Waals surface area (Å²) in [4.78, 5) is 7.98. The Bertz CT molecular complexity index is 1240. The van der Waals surface area contributed by atoms with Crippen LogP contribution in [0.3, 0.4) is 0 Å². The van der Waals surface area contributed by atoms with Crippen molar-refractivity contribution in [3.8, 4) is 5.75 Å². The first kappa shape index (κ1) is 21.3. The summed E-state index contributed by atoms with van der Waals surface area (Å²) in [5.74, 6) is -1.25. The summed E-state index contributed by atoms with van der Waals surface area (Å²) >= 11 is 0. The maximum absolute atomic E-state index is 14.7. The highest BCUT2D eigenvalue weighted by molar-refractivity contribution is 7.89. The molecular formula is C21H22F2N4O3S. The molecule has 0 spiro atoms. The first-order valence-electron chi connectivity index (χ1n) is 9.70. The van der Waals surface area contributed by atoms with Gasteiger partial charge in [-0.3, -0.25) is 4.98 Å². The second-order valence-corrected chi connectivity index (χ2v) is 8.85. The van der Waals surface area contributed by atoms with Crippen molar-refractivity contribution in [2.75, 3.05) is 36.5 Å². The van der Waals surface area contributed by atoms with Gasteiger partial charge in [-0.25, -0.2) is 22.3 Å². The van der Waals surface area contributed by atoms with Crippen LogP contribution in [0.2, 0.25) is 0 Å². The number of hydrogen-bond donors (Lipinski definition) is 1. The van der Waals surface area contributed by atoms with Crippen molar-refractivity contribution in [2.45, 2.75) is 18.4 Å². The quantitative estimate of drug-likeness (QED) is 0.646. The highest BCUT2D eigenvalue weighted by atomic mass is 32.2. The van der Waals surface area contributed by atoms with Gasteiger partial charge in [-0.1, -0.05) is 0 Å². The number of sulfonamides is 1. The second-order valence-electron chi connectivity index (χ2n) is 7.29. The summed E-state index contributed by atoms with van der Waals surface area (Å²) in [5, 5.41) is 5.85. The SMILES string of the molecule is CCN1CCN(Cc2c(F)cc(S(N)(=O)=O)cc2F)c2c1cnc1cc(OC)ccc21. The Morgan fingerprint density at radius 3 is 2.42 bits per heavy atom. The predicted molar refractivity (Wildman–Crippen MR) is 115 cm³/mol. The van der Waals surface area contributed by atoms with Gasteiger partial charge in [0.15, 0.2) is 0 Å². The third-order valence-corrected chi connectivity index (χ3v) is 6.39. The molecule has 0 fully saturated rings. The molecule has 2 N–H and O–H groups in total. The number of benzene rings is 2. The lowest BCUT2D eigenvalue weighted by molar-refractivity contribution is 0.415. The molecule has 0 amide bonds. The highest BCUT2D eigenvalue weighted by Gasteiger charge is 2.27. The average molecular weight is 448 g/mol. The van der Waals surface area contributed by atoms with Gasteiger partial charge < -0.3 is 14.5 Å². The topological polar surface area (TPSA) is 88.8 Å². The van der Waals surface area contributed by atoms with Crippen molar-refractivity contribution in [2.24, 2.45) is 5.14 Å². The number of pyridine rings is 1. The molecule has 2 aromatic carbocycles. The lowest BCUT2D eigenvalue weighted by atomic mass is 10.1. The fraction of sp³-hybridized carbons (Fsp3) is 0.286. The summed E-state index contributed by atoms with van der Waals surface area (Å²) in [6.45, 7) is 3.91. The van der Waals surface area contributed by atoms with E-state index in [0.29, 0.717) is 24.4 Å². The molecule has 4 rings (SSSR count). The van der Waals surface area contributed by atoms with Gasteiger partial charge >= 0.3 is 0 Å². The van der Waals surface area contributed by atoms with Crippen LogP contribution in [0.5, 0.6) is 5.75 Å². The maximum atomic E-state index is 14.7. The Hall–Kier alpha value is -2.98. The smallest absolute Gasteiger partial charge is 0.238 e. The zero-order valence-electron chi connectivity index (χ0n) is 17.1. The van der Waals surface area contributed by atoms with E-state index in [1.165, 1.54) is 0 Å². The van der Waals surface area contributed by atoms with E-state index >= 15 is 0 Å². The number of rotatable bonds is 5. The number of methoxy groups -OCH3 is 1. The largest absolute Gasteiger partial charge is 0.497 e. The lowest BCUT2D eigenvalue weighted by Crippen LogP contribution is -2.41. The standard InChI is InChI=1S/C21H22F2N4O3S/c1-3-26-6-7-27(12-16-17(22)9-14(10-18(16)23)31(24,28)29)21-15-5-4-13(30-2)8-19(15)25-11-20(21)26/h4-5,8-11H,3,6-7,12H2,1-2H3,(H2,24,28,29).